The Kier molecular flexibility index (Phi) is 4.61. The van der Waals surface area contributed by atoms with E-state index < -0.39 is 0 Å². The molecule has 4 rings (SSSR count). The van der Waals surface area contributed by atoms with Crippen molar-refractivity contribution >= 4 is 5.91 Å². The zero-order chi connectivity index (χ0) is 16.5. The van der Waals surface area contributed by atoms with Crippen LogP contribution < -0.4 is 0 Å². The highest BCUT2D eigenvalue weighted by atomic mass is 16.2. The Morgan fingerprint density at radius 1 is 1.17 bits per heavy atom. The van der Waals surface area contributed by atoms with Crippen molar-refractivity contribution in [2.24, 2.45) is 24.8 Å². The first-order valence-electron chi connectivity index (χ1n) is 9.66. The molecule has 1 saturated heterocycles. The van der Waals surface area contributed by atoms with Gasteiger partial charge in [0.1, 0.15) is 0 Å². The van der Waals surface area contributed by atoms with Gasteiger partial charge in [-0.15, -0.1) is 0 Å². The van der Waals surface area contributed by atoms with Crippen LogP contribution in [0.4, 0.5) is 0 Å². The van der Waals surface area contributed by atoms with Crippen LogP contribution in [0.2, 0.25) is 0 Å². The lowest BCUT2D eigenvalue weighted by Crippen LogP contribution is -2.36. The van der Waals surface area contributed by atoms with Gasteiger partial charge in [-0.05, 0) is 49.9 Å². The van der Waals surface area contributed by atoms with E-state index in [0.717, 1.165) is 57.4 Å². The Balaban J connectivity index is 1.28. The molecule has 1 aliphatic heterocycles. The van der Waals surface area contributed by atoms with Crippen LogP contribution in [-0.4, -0.2) is 51.7 Å². The number of carbonyl (C=O) groups is 1. The molecule has 2 heterocycles. The molecule has 1 aromatic heterocycles. The van der Waals surface area contributed by atoms with E-state index in [1.54, 1.807) is 0 Å². The maximum atomic E-state index is 12.8. The van der Waals surface area contributed by atoms with E-state index in [9.17, 15) is 4.79 Å². The van der Waals surface area contributed by atoms with Gasteiger partial charge in [0.25, 0.3) is 0 Å². The molecule has 3 fully saturated rings. The van der Waals surface area contributed by atoms with E-state index in [1.807, 2.05) is 17.9 Å². The van der Waals surface area contributed by atoms with Gasteiger partial charge >= 0.3 is 0 Å². The first-order chi connectivity index (χ1) is 11.7. The van der Waals surface area contributed by atoms with Crippen LogP contribution >= 0.6 is 0 Å². The molecule has 0 unspecified atom stereocenters. The third-order valence-corrected chi connectivity index (χ3v) is 5.97. The van der Waals surface area contributed by atoms with Gasteiger partial charge in [-0.2, -0.15) is 5.10 Å². The molecule has 5 heteroatoms. The Bertz CT molecular complexity index is 564. The second kappa shape index (κ2) is 6.87. The quantitative estimate of drug-likeness (QED) is 0.803. The van der Waals surface area contributed by atoms with Crippen LogP contribution in [0, 0.1) is 17.8 Å². The third kappa shape index (κ3) is 4.00. The lowest BCUT2D eigenvalue weighted by molar-refractivity contribution is -0.132. The van der Waals surface area contributed by atoms with Crippen LogP contribution in [0.5, 0.6) is 0 Å². The average molecular weight is 330 g/mol. The minimum absolute atomic E-state index is 0.419. The summed E-state index contributed by atoms with van der Waals surface area (Å²) < 4.78 is 1.86. The zero-order valence-electron chi connectivity index (χ0n) is 14.9. The number of aromatic nitrogens is 2. The van der Waals surface area contributed by atoms with Crippen LogP contribution in [0.25, 0.3) is 0 Å². The third-order valence-electron chi connectivity index (χ3n) is 5.97. The van der Waals surface area contributed by atoms with Crippen molar-refractivity contribution < 1.29 is 4.79 Å². The Morgan fingerprint density at radius 2 is 1.92 bits per heavy atom. The van der Waals surface area contributed by atoms with Crippen molar-refractivity contribution in [1.29, 1.82) is 0 Å². The second-order valence-electron chi connectivity index (χ2n) is 8.08. The number of aryl methyl sites for hydroxylation is 1. The molecule has 0 aromatic carbocycles. The SMILES string of the molecule is Cn1cc(CN2CCCN(C(=O)CC(C3CC3)C3CC3)CC2)cn1. The fourth-order valence-electron chi connectivity index (χ4n) is 4.29. The number of amides is 1. The maximum Gasteiger partial charge on any atom is 0.222 e. The van der Waals surface area contributed by atoms with Crippen molar-refractivity contribution in [3.05, 3.63) is 18.0 Å². The molecule has 0 spiro atoms. The van der Waals surface area contributed by atoms with Crippen molar-refractivity contribution in [1.82, 2.24) is 19.6 Å². The van der Waals surface area contributed by atoms with Crippen molar-refractivity contribution in [3.63, 3.8) is 0 Å². The lowest BCUT2D eigenvalue weighted by Gasteiger charge is -2.24. The van der Waals surface area contributed by atoms with Gasteiger partial charge in [-0.25, -0.2) is 0 Å². The first kappa shape index (κ1) is 16.1. The van der Waals surface area contributed by atoms with E-state index in [0.29, 0.717) is 11.8 Å². The van der Waals surface area contributed by atoms with Gasteiger partial charge in [-0.1, -0.05) is 0 Å². The highest BCUT2D eigenvalue weighted by Gasteiger charge is 2.42. The minimum atomic E-state index is 0.419. The van der Waals surface area contributed by atoms with E-state index >= 15 is 0 Å². The van der Waals surface area contributed by atoms with E-state index in [2.05, 4.69) is 21.1 Å². The molecular weight excluding hydrogens is 300 g/mol. The van der Waals surface area contributed by atoms with Crippen molar-refractivity contribution in [3.8, 4) is 0 Å². The number of rotatable bonds is 6. The molecular formula is C19H30N4O. The topological polar surface area (TPSA) is 41.4 Å². The summed E-state index contributed by atoms with van der Waals surface area (Å²) >= 11 is 0. The maximum absolute atomic E-state index is 12.8. The molecule has 0 radical (unpaired) electrons. The van der Waals surface area contributed by atoms with E-state index in [4.69, 9.17) is 0 Å². The van der Waals surface area contributed by atoms with Crippen molar-refractivity contribution in [2.45, 2.75) is 45.1 Å². The molecule has 3 aliphatic rings. The van der Waals surface area contributed by atoms with E-state index in [1.165, 1.54) is 31.2 Å². The second-order valence-corrected chi connectivity index (χ2v) is 8.08. The molecule has 5 nitrogen and oxygen atoms in total. The largest absolute Gasteiger partial charge is 0.341 e. The molecule has 24 heavy (non-hydrogen) atoms. The van der Waals surface area contributed by atoms with Crippen molar-refractivity contribution in [2.75, 3.05) is 26.2 Å². The van der Waals surface area contributed by atoms with Crippen LogP contribution in [0.3, 0.4) is 0 Å². The highest BCUT2D eigenvalue weighted by molar-refractivity contribution is 5.76. The molecule has 0 atom stereocenters. The Morgan fingerprint density at radius 3 is 2.54 bits per heavy atom. The molecule has 2 saturated carbocycles. The fourth-order valence-corrected chi connectivity index (χ4v) is 4.29. The average Bonchev–Trinajstić information content (AvgIpc) is 3.46. The molecule has 0 N–H and O–H groups in total. The van der Waals surface area contributed by atoms with E-state index in [-0.39, 0.29) is 0 Å². The Hall–Kier alpha value is -1.36. The number of hydrogen-bond acceptors (Lipinski definition) is 3. The smallest absolute Gasteiger partial charge is 0.222 e. The van der Waals surface area contributed by atoms with Gasteiger partial charge in [0.05, 0.1) is 6.20 Å². The lowest BCUT2D eigenvalue weighted by atomic mass is 9.93. The molecule has 2 aliphatic carbocycles. The molecule has 1 amide bonds. The van der Waals surface area contributed by atoms with Crippen LogP contribution in [0.15, 0.2) is 12.4 Å². The van der Waals surface area contributed by atoms with Crippen LogP contribution in [0.1, 0.15) is 44.1 Å². The number of carbonyl (C=O) groups excluding carboxylic acids is 1. The summed E-state index contributed by atoms with van der Waals surface area (Å²) in [4.78, 5) is 17.4. The molecule has 1 aromatic rings. The predicted octanol–water partition coefficient (Wildman–Crippen LogP) is 2.28. The highest BCUT2D eigenvalue weighted by Crippen LogP contribution is 2.50. The minimum Gasteiger partial charge on any atom is -0.341 e. The zero-order valence-corrected chi connectivity index (χ0v) is 14.9. The molecule has 0 bridgehead atoms. The summed E-state index contributed by atoms with van der Waals surface area (Å²) in [5, 5.41) is 4.25. The monoisotopic (exact) mass is 330 g/mol. The fraction of sp³-hybridized carbons (Fsp3) is 0.789. The summed E-state index contributed by atoms with van der Waals surface area (Å²) in [6, 6.07) is 0. The van der Waals surface area contributed by atoms with Gasteiger partial charge in [0, 0.05) is 58.0 Å². The number of nitrogens with zero attached hydrogens (tertiary/aromatic N) is 4. The number of hydrogen-bond donors (Lipinski definition) is 0. The van der Waals surface area contributed by atoms with Crippen LogP contribution in [-0.2, 0) is 18.4 Å². The predicted molar refractivity (Wildman–Crippen MR) is 93.2 cm³/mol. The standard InChI is InChI=1S/C19H30N4O/c1-21-13-15(12-20-21)14-22-7-2-8-23(10-9-22)19(24)11-18(16-3-4-16)17-5-6-17/h12-13,16-18H,2-11,14H2,1H3. The van der Waals surface area contributed by atoms with Gasteiger partial charge in [0.2, 0.25) is 5.91 Å². The summed E-state index contributed by atoms with van der Waals surface area (Å²) in [5.74, 6) is 2.86. The summed E-state index contributed by atoms with van der Waals surface area (Å²) in [6.45, 7) is 4.83. The molecule has 132 valence electrons. The van der Waals surface area contributed by atoms with Gasteiger partial charge in [-0.3, -0.25) is 14.4 Å². The summed E-state index contributed by atoms with van der Waals surface area (Å²) in [5.41, 5.74) is 1.26. The first-order valence-corrected chi connectivity index (χ1v) is 9.66. The summed E-state index contributed by atoms with van der Waals surface area (Å²) in [7, 11) is 1.96. The Labute approximate surface area is 145 Å². The normalized spacial score (nSPS) is 22.8. The van der Waals surface area contributed by atoms with Gasteiger partial charge < -0.3 is 4.90 Å². The van der Waals surface area contributed by atoms with Gasteiger partial charge in [0.15, 0.2) is 0 Å². The summed E-state index contributed by atoms with van der Waals surface area (Å²) in [6.07, 6.45) is 11.4.